The fourth-order valence-electron chi connectivity index (χ4n) is 2.00. The van der Waals surface area contributed by atoms with Crippen LogP contribution in [0.25, 0.3) is 10.9 Å². The molecule has 1 aromatic carbocycles. The van der Waals surface area contributed by atoms with Crippen molar-refractivity contribution in [1.82, 2.24) is 4.57 Å². The van der Waals surface area contributed by atoms with E-state index in [9.17, 15) is 0 Å². The van der Waals surface area contributed by atoms with Crippen LogP contribution in [0.3, 0.4) is 0 Å². The molecule has 2 rings (SSSR count). The Bertz CT molecular complexity index is 517. The van der Waals surface area contributed by atoms with E-state index in [1.807, 2.05) is 0 Å². The highest BCUT2D eigenvalue weighted by atomic mass is 14.9. The molecule has 1 aromatic heterocycles. The van der Waals surface area contributed by atoms with Gasteiger partial charge in [0.1, 0.15) is 0 Å². The van der Waals surface area contributed by atoms with Crippen molar-refractivity contribution in [2.24, 2.45) is 0 Å². The van der Waals surface area contributed by atoms with Crippen LogP contribution < -0.4 is 0 Å². The van der Waals surface area contributed by atoms with Crippen molar-refractivity contribution in [2.75, 3.05) is 0 Å². The third kappa shape index (κ3) is 2.25. The van der Waals surface area contributed by atoms with Crippen molar-refractivity contribution in [1.29, 1.82) is 5.26 Å². The normalized spacial score (nSPS) is 10.5. The summed E-state index contributed by atoms with van der Waals surface area (Å²) in [6.07, 6.45) is 4.86. The quantitative estimate of drug-likeness (QED) is 0.711. The van der Waals surface area contributed by atoms with Gasteiger partial charge in [-0.25, -0.2) is 0 Å². The maximum absolute atomic E-state index is 8.47. The molecular weight excluding hydrogens is 196 g/mol. The van der Waals surface area contributed by atoms with Crippen LogP contribution in [0.5, 0.6) is 0 Å². The van der Waals surface area contributed by atoms with E-state index in [0.717, 1.165) is 19.4 Å². The van der Waals surface area contributed by atoms with E-state index in [2.05, 4.69) is 48.0 Å². The number of aromatic nitrogens is 1. The summed E-state index contributed by atoms with van der Waals surface area (Å²) in [6, 6.07) is 10.9. The van der Waals surface area contributed by atoms with Crippen molar-refractivity contribution in [3.05, 3.63) is 36.0 Å². The van der Waals surface area contributed by atoms with E-state index in [4.69, 9.17) is 5.26 Å². The Hall–Kier alpha value is -1.75. The van der Waals surface area contributed by atoms with E-state index < -0.39 is 0 Å². The summed E-state index contributed by atoms with van der Waals surface area (Å²) in [4.78, 5) is 0. The zero-order valence-electron chi connectivity index (χ0n) is 9.61. The average Bonchev–Trinajstić information content (AvgIpc) is 2.67. The van der Waals surface area contributed by atoms with E-state index in [1.54, 1.807) is 0 Å². The molecule has 0 aliphatic heterocycles. The third-order valence-electron chi connectivity index (χ3n) is 2.86. The molecule has 0 amide bonds. The molecule has 0 unspecified atom stereocenters. The summed E-state index contributed by atoms with van der Waals surface area (Å²) in [6.45, 7) is 3.12. The number of fused-ring (bicyclic) bond motifs is 1. The zero-order valence-corrected chi connectivity index (χ0v) is 9.61. The molecule has 2 heteroatoms. The van der Waals surface area contributed by atoms with Crippen molar-refractivity contribution < 1.29 is 0 Å². The molecule has 2 aromatic rings. The maximum Gasteiger partial charge on any atom is 0.0621 e. The first-order chi connectivity index (χ1) is 7.81. The van der Waals surface area contributed by atoms with Crippen LogP contribution in [0.4, 0.5) is 0 Å². The molecule has 0 radical (unpaired) electrons. The molecule has 0 saturated heterocycles. The SMILES string of the molecule is Cc1ccc2c(ccn2CCCCC#N)c1. The lowest BCUT2D eigenvalue weighted by Gasteiger charge is -2.04. The second-order valence-electron chi connectivity index (χ2n) is 4.19. The molecule has 2 nitrogen and oxygen atoms in total. The van der Waals surface area contributed by atoms with Gasteiger partial charge in [0.2, 0.25) is 0 Å². The van der Waals surface area contributed by atoms with Gasteiger partial charge < -0.3 is 4.57 Å². The Morgan fingerprint density at radius 2 is 2.12 bits per heavy atom. The van der Waals surface area contributed by atoms with Crippen LogP contribution in [0.1, 0.15) is 24.8 Å². The van der Waals surface area contributed by atoms with Gasteiger partial charge >= 0.3 is 0 Å². The highest BCUT2D eigenvalue weighted by Gasteiger charge is 2.00. The highest BCUT2D eigenvalue weighted by molar-refractivity contribution is 5.80. The fourth-order valence-corrected chi connectivity index (χ4v) is 2.00. The summed E-state index contributed by atoms with van der Waals surface area (Å²) in [5.41, 5.74) is 2.59. The fraction of sp³-hybridized carbons (Fsp3) is 0.357. The largest absolute Gasteiger partial charge is 0.347 e. The van der Waals surface area contributed by atoms with Crippen LogP contribution in [0.2, 0.25) is 0 Å². The van der Waals surface area contributed by atoms with Crippen molar-refractivity contribution >= 4 is 10.9 Å². The highest BCUT2D eigenvalue weighted by Crippen LogP contribution is 2.18. The minimum Gasteiger partial charge on any atom is -0.347 e. The number of nitriles is 1. The van der Waals surface area contributed by atoms with E-state index >= 15 is 0 Å². The minimum absolute atomic E-state index is 0.665. The van der Waals surface area contributed by atoms with E-state index in [0.29, 0.717) is 6.42 Å². The molecule has 16 heavy (non-hydrogen) atoms. The van der Waals surface area contributed by atoms with Gasteiger partial charge in [-0.05, 0) is 43.4 Å². The van der Waals surface area contributed by atoms with Crippen LogP contribution in [0, 0.1) is 18.3 Å². The molecule has 82 valence electrons. The van der Waals surface area contributed by atoms with Crippen LogP contribution in [-0.2, 0) is 6.54 Å². The van der Waals surface area contributed by atoms with Gasteiger partial charge in [0.05, 0.1) is 6.07 Å². The average molecular weight is 212 g/mol. The first-order valence-electron chi connectivity index (χ1n) is 5.74. The second-order valence-corrected chi connectivity index (χ2v) is 4.19. The number of unbranched alkanes of at least 4 members (excludes halogenated alkanes) is 2. The molecule has 0 fully saturated rings. The second kappa shape index (κ2) is 4.85. The molecular formula is C14H16N2. The van der Waals surface area contributed by atoms with Crippen molar-refractivity contribution in [2.45, 2.75) is 32.7 Å². The summed E-state index contributed by atoms with van der Waals surface area (Å²) in [5.74, 6) is 0. The summed E-state index contributed by atoms with van der Waals surface area (Å²) in [5, 5.41) is 9.77. The lowest BCUT2D eigenvalue weighted by Crippen LogP contribution is -1.95. The molecule has 0 N–H and O–H groups in total. The lowest BCUT2D eigenvalue weighted by atomic mass is 10.2. The maximum atomic E-state index is 8.47. The Labute approximate surface area is 96.1 Å². The first-order valence-corrected chi connectivity index (χ1v) is 5.74. The number of nitrogens with zero attached hydrogens (tertiary/aromatic N) is 2. The van der Waals surface area contributed by atoms with Gasteiger partial charge in [-0.3, -0.25) is 0 Å². The summed E-state index contributed by atoms with van der Waals surface area (Å²) in [7, 11) is 0. The Morgan fingerprint density at radius 1 is 1.25 bits per heavy atom. The molecule has 0 aliphatic carbocycles. The van der Waals surface area contributed by atoms with Gasteiger partial charge in [-0.2, -0.15) is 5.26 Å². The van der Waals surface area contributed by atoms with Gasteiger partial charge in [0, 0.05) is 24.7 Å². The minimum atomic E-state index is 0.665. The van der Waals surface area contributed by atoms with Gasteiger partial charge in [-0.1, -0.05) is 11.6 Å². The van der Waals surface area contributed by atoms with Crippen LogP contribution in [0.15, 0.2) is 30.5 Å². The molecule has 1 heterocycles. The summed E-state index contributed by atoms with van der Waals surface area (Å²) < 4.78 is 2.27. The Morgan fingerprint density at radius 3 is 2.94 bits per heavy atom. The van der Waals surface area contributed by atoms with E-state index in [1.165, 1.54) is 16.5 Å². The molecule has 0 atom stereocenters. The lowest BCUT2D eigenvalue weighted by molar-refractivity contribution is 0.632. The standard InChI is InChI=1S/C14H16N2/c1-12-5-6-14-13(11-12)7-10-16(14)9-4-2-3-8-15/h5-7,10-11H,2-4,9H2,1H3. The smallest absolute Gasteiger partial charge is 0.0621 e. The Kier molecular flexibility index (Phi) is 3.26. The molecule has 0 saturated carbocycles. The predicted molar refractivity (Wildman–Crippen MR) is 66.1 cm³/mol. The van der Waals surface area contributed by atoms with Crippen molar-refractivity contribution in [3.63, 3.8) is 0 Å². The molecule has 0 spiro atoms. The Balaban J connectivity index is 2.10. The van der Waals surface area contributed by atoms with Crippen LogP contribution in [-0.4, -0.2) is 4.57 Å². The number of rotatable bonds is 4. The number of benzene rings is 1. The van der Waals surface area contributed by atoms with Crippen LogP contribution >= 0.6 is 0 Å². The number of hydrogen-bond acceptors (Lipinski definition) is 1. The van der Waals surface area contributed by atoms with Gasteiger partial charge in [0.15, 0.2) is 0 Å². The number of aryl methyl sites for hydroxylation is 2. The van der Waals surface area contributed by atoms with E-state index in [-0.39, 0.29) is 0 Å². The first kappa shape index (κ1) is 10.8. The summed E-state index contributed by atoms with van der Waals surface area (Å²) >= 11 is 0. The monoisotopic (exact) mass is 212 g/mol. The van der Waals surface area contributed by atoms with Gasteiger partial charge in [-0.15, -0.1) is 0 Å². The topological polar surface area (TPSA) is 28.7 Å². The van der Waals surface area contributed by atoms with Crippen molar-refractivity contribution in [3.8, 4) is 6.07 Å². The predicted octanol–water partition coefficient (Wildman–Crippen LogP) is 3.64. The third-order valence-corrected chi connectivity index (χ3v) is 2.86. The zero-order chi connectivity index (χ0) is 11.4. The number of hydrogen-bond donors (Lipinski definition) is 0. The molecule has 0 aliphatic rings. The molecule has 0 bridgehead atoms. The van der Waals surface area contributed by atoms with Gasteiger partial charge in [0.25, 0.3) is 0 Å².